The molecule has 0 aliphatic heterocycles. The van der Waals surface area contributed by atoms with Crippen LogP contribution >= 0.6 is 0 Å². The van der Waals surface area contributed by atoms with Gasteiger partial charge >= 0.3 is 5.97 Å². The lowest BCUT2D eigenvalue weighted by Crippen LogP contribution is -2.18. The molecule has 0 aliphatic carbocycles. The van der Waals surface area contributed by atoms with E-state index in [9.17, 15) is 9.59 Å². The van der Waals surface area contributed by atoms with Gasteiger partial charge in [0.1, 0.15) is 5.65 Å². The molecule has 2 aromatic heterocycles. The van der Waals surface area contributed by atoms with E-state index in [1.54, 1.807) is 25.3 Å². The summed E-state index contributed by atoms with van der Waals surface area (Å²) in [4.78, 5) is 26.1. The van der Waals surface area contributed by atoms with Crippen LogP contribution in [0.3, 0.4) is 0 Å². The molecule has 0 aliphatic rings. The van der Waals surface area contributed by atoms with Crippen molar-refractivity contribution in [3.05, 3.63) is 46.0 Å². The minimum atomic E-state index is -1.20. The number of rotatable bonds is 1. The lowest BCUT2D eigenvalue weighted by Gasteiger charge is -2.02. The number of carboxylic acids is 1. The van der Waals surface area contributed by atoms with Crippen LogP contribution < -0.4 is 5.56 Å². The van der Waals surface area contributed by atoms with Crippen molar-refractivity contribution in [1.82, 2.24) is 9.38 Å². The Morgan fingerprint density at radius 1 is 1.53 bits per heavy atom. The molecule has 0 atom stereocenters. The van der Waals surface area contributed by atoms with Crippen molar-refractivity contribution >= 4 is 11.6 Å². The molecule has 1 N–H and O–H groups in total. The summed E-state index contributed by atoms with van der Waals surface area (Å²) in [7, 11) is 0. The third-order valence-electron chi connectivity index (χ3n) is 2.11. The van der Waals surface area contributed by atoms with E-state index in [2.05, 4.69) is 4.98 Å². The molecule has 5 nitrogen and oxygen atoms in total. The van der Waals surface area contributed by atoms with Gasteiger partial charge in [-0.3, -0.25) is 9.20 Å². The van der Waals surface area contributed by atoms with E-state index in [0.29, 0.717) is 5.65 Å². The molecule has 0 aromatic carbocycles. The number of hydrogen-bond donors (Lipinski definition) is 1. The molecule has 2 heterocycles. The van der Waals surface area contributed by atoms with Gasteiger partial charge in [-0.1, -0.05) is 6.07 Å². The highest BCUT2D eigenvalue weighted by Crippen LogP contribution is 2.05. The Balaban J connectivity index is 2.92. The van der Waals surface area contributed by atoms with Crippen molar-refractivity contribution in [3.63, 3.8) is 0 Å². The van der Waals surface area contributed by atoms with Crippen LogP contribution in [0, 0.1) is 6.92 Å². The Hall–Kier alpha value is -2.17. The molecule has 0 amide bonds. The van der Waals surface area contributed by atoms with E-state index in [0.717, 1.165) is 11.6 Å². The van der Waals surface area contributed by atoms with Crippen LogP contribution in [0.5, 0.6) is 0 Å². The van der Waals surface area contributed by atoms with E-state index in [-0.39, 0.29) is 11.3 Å². The molecule has 0 saturated heterocycles. The number of hydrogen-bond acceptors (Lipinski definition) is 3. The zero-order chi connectivity index (χ0) is 11.0. The smallest absolute Gasteiger partial charge is 0.354 e. The number of pyridine rings is 1. The van der Waals surface area contributed by atoms with Crippen LogP contribution in [0.15, 0.2) is 29.2 Å². The summed E-state index contributed by atoms with van der Waals surface area (Å²) in [5.41, 5.74) is 0.524. The van der Waals surface area contributed by atoms with Crippen molar-refractivity contribution in [3.8, 4) is 0 Å². The maximum Gasteiger partial charge on any atom is 0.354 e. The summed E-state index contributed by atoms with van der Waals surface area (Å²) in [5, 5.41) is 8.75. The average Bonchev–Trinajstić information content (AvgIpc) is 2.19. The van der Waals surface area contributed by atoms with Gasteiger partial charge < -0.3 is 5.11 Å². The molecular formula is C10H8N2O3. The highest BCUT2D eigenvalue weighted by atomic mass is 16.4. The van der Waals surface area contributed by atoms with Crippen LogP contribution in [-0.2, 0) is 0 Å². The van der Waals surface area contributed by atoms with Gasteiger partial charge in [0.15, 0.2) is 5.69 Å². The summed E-state index contributed by atoms with van der Waals surface area (Å²) in [5.74, 6) is -1.20. The highest BCUT2D eigenvalue weighted by Gasteiger charge is 2.09. The molecule has 15 heavy (non-hydrogen) atoms. The van der Waals surface area contributed by atoms with Crippen LogP contribution in [0.4, 0.5) is 0 Å². The summed E-state index contributed by atoms with van der Waals surface area (Å²) in [6, 6.07) is 4.49. The van der Waals surface area contributed by atoms with E-state index >= 15 is 0 Å². The first-order valence-corrected chi connectivity index (χ1v) is 4.32. The van der Waals surface area contributed by atoms with Gasteiger partial charge in [-0.15, -0.1) is 0 Å². The SMILES string of the molecule is Cc1cccn2c(=O)cc(C(=O)O)nc12. The number of fused-ring (bicyclic) bond motifs is 1. The predicted octanol–water partition coefficient (Wildman–Crippen LogP) is 0.701. The Kier molecular flexibility index (Phi) is 2.00. The number of carboxylic acid groups (broad SMARTS) is 1. The van der Waals surface area contributed by atoms with Gasteiger partial charge in [-0.2, -0.15) is 0 Å². The van der Waals surface area contributed by atoms with Crippen LogP contribution in [-0.4, -0.2) is 20.5 Å². The third kappa shape index (κ3) is 1.48. The normalized spacial score (nSPS) is 10.5. The van der Waals surface area contributed by atoms with Gasteiger partial charge in [0.05, 0.1) is 0 Å². The van der Waals surface area contributed by atoms with Crippen LogP contribution in [0.2, 0.25) is 0 Å². The highest BCUT2D eigenvalue weighted by molar-refractivity contribution is 5.85. The predicted molar refractivity (Wildman–Crippen MR) is 53.2 cm³/mol. The third-order valence-corrected chi connectivity index (χ3v) is 2.11. The Morgan fingerprint density at radius 3 is 2.93 bits per heavy atom. The van der Waals surface area contributed by atoms with Crippen molar-refractivity contribution in [1.29, 1.82) is 0 Å². The largest absolute Gasteiger partial charge is 0.477 e. The molecule has 2 aromatic rings. The minimum absolute atomic E-state index is 0.227. The topological polar surface area (TPSA) is 71.7 Å². The van der Waals surface area contributed by atoms with Crippen molar-refractivity contribution in [2.75, 3.05) is 0 Å². The lowest BCUT2D eigenvalue weighted by atomic mass is 10.3. The fourth-order valence-corrected chi connectivity index (χ4v) is 1.37. The van der Waals surface area contributed by atoms with Crippen molar-refractivity contribution < 1.29 is 9.90 Å². The van der Waals surface area contributed by atoms with Crippen molar-refractivity contribution in [2.24, 2.45) is 0 Å². The summed E-state index contributed by atoms with van der Waals surface area (Å²) < 4.78 is 1.32. The lowest BCUT2D eigenvalue weighted by molar-refractivity contribution is 0.0690. The maximum atomic E-state index is 11.5. The zero-order valence-corrected chi connectivity index (χ0v) is 7.97. The number of aromatic carboxylic acids is 1. The molecule has 0 bridgehead atoms. The quantitative estimate of drug-likeness (QED) is 0.742. The standard InChI is InChI=1S/C10H8N2O3/c1-6-3-2-4-12-8(13)5-7(10(14)15)11-9(6)12/h2-5H,1H3,(H,14,15). The molecule has 2 rings (SSSR count). The molecular weight excluding hydrogens is 196 g/mol. The number of aromatic nitrogens is 2. The Labute approximate surface area is 84.6 Å². The minimum Gasteiger partial charge on any atom is -0.477 e. The van der Waals surface area contributed by atoms with Gasteiger partial charge in [-0.05, 0) is 18.6 Å². The second kappa shape index (κ2) is 3.20. The molecule has 5 heteroatoms. The van der Waals surface area contributed by atoms with Gasteiger partial charge in [0.2, 0.25) is 0 Å². The van der Waals surface area contributed by atoms with Crippen LogP contribution in [0.25, 0.3) is 5.65 Å². The first-order chi connectivity index (χ1) is 7.09. The first kappa shape index (κ1) is 9.39. The van der Waals surface area contributed by atoms with Gasteiger partial charge in [0.25, 0.3) is 5.56 Å². The molecule has 0 spiro atoms. The summed E-state index contributed by atoms with van der Waals surface area (Å²) in [6.45, 7) is 1.77. The average molecular weight is 204 g/mol. The van der Waals surface area contributed by atoms with Crippen LogP contribution in [0.1, 0.15) is 16.1 Å². The Morgan fingerprint density at radius 2 is 2.27 bits per heavy atom. The summed E-state index contributed by atoms with van der Waals surface area (Å²) >= 11 is 0. The monoisotopic (exact) mass is 204 g/mol. The number of carbonyl (C=O) groups is 1. The number of aryl methyl sites for hydroxylation is 1. The zero-order valence-electron chi connectivity index (χ0n) is 7.97. The molecule has 0 fully saturated rings. The summed E-state index contributed by atoms with van der Waals surface area (Å²) in [6.07, 6.45) is 1.56. The van der Waals surface area contributed by atoms with Crippen molar-refractivity contribution in [2.45, 2.75) is 6.92 Å². The molecule has 0 radical (unpaired) electrons. The van der Waals surface area contributed by atoms with E-state index in [1.165, 1.54) is 4.40 Å². The van der Waals surface area contributed by atoms with Gasteiger partial charge in [0, 0.05) is 12.3 Å². The molecule has 0 saturated carbocycles. The second-order valence-electron chi connectivity index (χ2n) is 3.17. The van der Waals surface area contributed by atoms with Gasteiger partial charge in [-0.25, -0.2) is 9.78 Å². The van der Waals surface area contributed by atoms with E-state index in [1.807, 2.05) is 0 Å². The fraction of sp³-hybridized carbons (Fsp3) is 0.100. The fourth-order valence-electron chi connectivity index (χ4n) is 1.37. The second-order valence-corrected chi connectivity index (χ2v) is 3.17. The molecule has 0 unspecified atom stereocenters. The maximum absolute atomic E-state index is 11.5. The Bertz CT molecular complexity index is 601. The molecule has 76 valence electrons. The first-order valence-electron chi connectivity index (χ1n) is 4.32. The van der Waals surface area contributed by atoms with E-state index < -0.39 is 5.97 Å². The number of nitrogens with zero attached hydrogens (tertiary/aromatic N) is 2. The van der Waals surface area contributed by atoms with E-state index in [4.69, 9.17) is 5.11 Å².